The van der Waals surface area contributed by atoms with Gasteiger partial charge in [-0.3, -0.25) is 0 Å². The van der Waals surface area contributed by atoms with E-state index in [0.29, 0.717) is 11.3 Å². The van der Waals surface area contributed by atoms with Gasteiger partial charge in [-0.1, -0.05) is 0 Å². The third-order valence-corrected chi connectivity index (χ3v) is 1.78. The van der Waals surface area contributed by atoms with E-state index >= 15 is 0 Å². The van der Waals surface area contributed by atoms with Gasteiger partial charge in [0, 0.05) is 6.07 Å². The summed E-state index contributed by atoms with van der Waals surface area (Å²) in [6, 6.07) is 1.72. The lowest BCUT2D eigenvalue weighted by Gasteiger charge is -1.93. The van der Waals surface area contributed by atoms with Crippen molar-refractivity contribution in [3.8, 4) is 0 Å². The Morgan fingerprint density at radius 2 is 2.38 bits per heavy atom. The van der Waals surface area contributed by atoms with Crippen LogP contribution in [0.25, 0.3) is 0 Å². The first-order chi connectivity index (χ1) is 6.19. The topological polar surface area (TPSA) is 56.0 Å². The van der Waals surface area contributed by atoms with E-state index in [0.717, 1.165) is 12.3 Å². The van der Waals surface area contributed by atoms with Crippen molar-refractivity contribution < 1.29 is 19.3 Å². The number of esters is 1. The van der Waals surface area contributed by atoms with Crippen molar-refractivity contribution in [2.75, 3.05) is 14.2 Å². The molecule has 0 saturated carbocycles. The molecule has 0 fully saturated rings. The number of ether oxygens (including phenoxy) is 1. The minimum absolute atomic E-state index is 0.344. The number of aryl methyl sites for hydroxylation is 1. The van der Waals surface area contributed by atoms with E-state index < -0.39 is 0 Å². The maximum Gasteiger partial charge on any atom is 0.341 e. The molecule has 2 N–H and O–H groups in total. The van der Waals surface area contributed by atoms with Gasteiger partial charge in [0.05, 0.1) is 14.2 Å². The van der Waals surface area contributed by atoms with Crippen LogP contribution in [0.15, 0.2) is 10.5 Å². The van der Waals surface area contributed by atoms with Crippen molar-refractivity contribution >= 4 is 5.97 Å². The number of furan rings is 1. The normalized spacial score (nSPS) is 10.1. The Morgan fingerprint density at radius 1 is 1.69 bits per heavy atom. The molecular weight excluding hydrogens is 170 g/mol. The number of rotatable bonds is 3. The lowest BCUT2D eigenvalue weighted by Crippen LogP contribution is -2.77. The third kappa shape index (κ3) is 2.09. The first kappa shape index (κ1) is 9.80. The second-order valence-electron chi connectivity index (χ2n) is 2.79. The highest BCUT2D eigenvalue weighted by Crippen LogP contribution is 2.14. The van der Waals surface area contributed by atoms with Gasteiger partial charge in [0.1, 0.15) is 17.9 Å². The van der Waals surface area contributed by atoms with E-state index in [-0.39, 0.29) is 5.97 Å². The van der Waals surface area contributed by atoms with Gasteiger partial charge in [-0.25, -0.2) is 4.79 Å². The Labute approximate surface area is 76.9 Å². The molecule has 0 aliphatic carbocycles. The minimum atomic E-state index is -0.344. The first-order valence-corrected chi connectivity index (χ1v) is 4.14. The standard InChI is InChI=1S/C9H13NO3/c1-6-8(9(11)12-3)4-7(13-6)5-10-2/h4,10H,5H2,1-3H3/p+1. The molecule has 0 atom stereocenters. The summed E-state index contributed by atoms with van der Waals surface area (Å²) in [5, 5.41) is 1.97. The molecule has 1 rings (SSSR count). The SMILES string of the molecule is C[NH2+]Cc1cc(C(=O)OC)c(C)o1. The van der Waals surface area contributed by atoms with Crippen LogP contribution in [-0.4, -0.2) is 20.1 Å². The summed E-state index contributed by atoms with van der Waals surface area (Å²) in [4.78, 5) is 11.2. The van der Waals surface area contributed by atoms with Gasteiger partial charge in [0.15, 0.2) is 5.76 Å². The fraction of sp³-hybridized carbons (Fsp3) is 0.444. The molecule has 0 spiro atoms. The van der Waals surface area contributed by atoms with Gasteiger partial charge in [0.25, 0.3) is 0 Å². The van der Waals surface area contributed by atoms with Crippen LogP contribution in [-0.2, 0) is 11.3 Å². The number of methoxy groups -OCH3 is 1. The molecular formula is C9H14NO3+. The predicted octanol–water partition coefficient (Wildman–Crippen LogP) is 0.0678. The van der Waals surface area contributed by atoms with Gasteiger partial charge in [-0.2, -0.15) is 0 Å². The molecule has 13 heavy (non-hydrogen) atoms. The Kier molecular flexibility index (Phi) is 3.08. The molecule has 1 aromatic rings. The molecule has 0 amide bonds. The average molecular weight is 184 g/mol. The van der Waals surface area contributed by atoms with Crippen molar-refractivity contribution in [3.63, 3.8) is 0 Å². The van der Waals surface area contributed by atoms with E-state index in [9.17, 15) is 4.79 Å². The molecule has 4 heteroatoms. The number of hydrogen-bond donors (Lipinski definition) is 1. The van der Waals surface area contributed by atoms with Crippen LogP contribution in [0.4, 0.5) is 0 Å². The van der Waals surface area contributed by atoms with Crippen LogP contribution >= 0.6 is 0 Å². The molecule has 0 saturated heterocycles. The van der Waals surface area contributed by atoms with Crippen molar-refractivity contribution in [2.24, 2.45) is 0 Å². The molecule has 0 aromatic carbocycles. The molecule has 1 heterocycles. The highest BCUT2D eigenvalue weighted by Gasteiger charge is 2.15. The van der Waals surface area contributed by atoms with Gasteiger partial charge in [-0.15, -0.1) is 0 Å². The van der Waals surface area contributed by atoms with Crippen LogP contribution < -0.4 is 5.32 Å². The zero-order valence-electron chi connectivity index (χ0n) is 8.09. The zero-order valence-corrected chi connectivity index (χ0v) is 8.09. The molecule has 0 unspecified atom stereocenters. The fourth-order valence-corrected chi connectivity index (χ4v) is 1.16. The molecule has 0 aliphatic heterocycles. The number of quaternary nitrogens is 1. The summed E-state index contributed by atoms with van der Waals surface area (Å²) in [6.45, 7) is 2.49. The van der Waals surface area contributed by atoms with Gasteiger partial charge < -0.3 is 14.5 Å². The number of carbonyl (C=O) groups is 1. The van der Waals surface area contributed by atoms with Crippen LogP contribution in [0.3, 0.4) is 0 Å². The summed E-state index contributed by atoms with van der Waals surface area (Å²) >= 11 is 0. The average Bonchev–Trinajstić information content (AvgIpc) is 2.46. The monoisotopic (exact) mass is 184 g/mol. The molecule has 4 nitrogen and oxygen atoms in total. The highest BCUT2D eigenvalue weighted by atomic mass is 16.5. The van der Waals surface area contributed by atoms with Crippen LogP contribution in [0.1, 0.15) is 21.9 Å². The number of hydrogen-bond acceptors (Lipinski definition) is 3. The smallest absolute Gasteiger partial charge is 0.341 e. The fourth-order valence-electron chi connectivity index (χ4n) is 1.16. The number of carbonyl (C=O) groups excluding carboxylic acids is 1. The summed E-state index contributed by atoms with van der Waals surface area (Å²) in [6.07, 6.45) is 0. The van der Waals surface area contributed by atoms with Crippen molar-refractivity contribution in [2.45, 2.75) is 13.5 Å². The van der Waals surface area contributed by atoms with Crippen LogP contribution in [0.5, 0.6) is 0 Å². The minimum Gasteiger partial charge on any atom is -0.465 e. The third-order valence-electron chi connectivity index (χ3n) is 1.78. The van der Waals surface area contributed by atoms with Gasteiger partial charge in [-0.05, 0) is 6.92 Å². The van der Waals surface area contributed by atoms with E-state index in [2.05, 4.69) is 4.74 Å². The maximum atomic E-state index is 11.2. The second kappa shape index (κ2) is 4.09. The zero-order chi connectivity index (χ0) is 9.84. The molecule has 0 radical (unpaired) electrons. The van der Waals surface area contributed by atoms with Crippen molar-refractivity contribution in [1.82, 2.24) is 0 Å². The summed E-state index contributed by atoms with van der Waals surface area (Å²) in [7, 11) is 3.30. The molecule has 0 bridgehead atoms. The van der Waals surface area contributed by atoms with Gasteiger partial charge in [0.2, 0.25) is 0 Å². The summed E-state index contributed by atoms with van der Waals surface area (Å²) < 4.78 is 9.95. The number of nitrogens with two attached hydrogens (primary N) is 1. The summed E-state index contributed by atoms with van der Waals surface area (Å²) in [5.74, 6) is 1.06. The Bertz CT molecular complexity index is 304. The van der Waals surface area contributed by atoms with E-state index in [1.54, 1.807) is 13.0 Å². The quantitative estimate of drug-likeness (QED) is 0.676. The Hall–Kier alpha value is -1.29. The predicted molar refractivity (Wildman–Crippen MR) is 46.3 cm³/mol. The molecule has 0 aliphatic rings. The molecule has 1 aromatic heterocycles. The van der Waals surface area contributed by atoms with Gasteiger partial charge >= 0.3 is 5.97 Å². The van der Waals surface area contributed by atoms with Crippen molar-refractivity contribution in [1.29, 1.82) is 0 Å². The Balaban J connectivity index is 2.89. The van der Waals surface area contributed by atoms with Crippen LogP contribution in [0.2, 0.25) is 0 Å². The lowest BCUT2D eigenvalue weighted by molar-refractivity contribution is -0.645. The Morgan fingerprint density at radius 3 is 2.92 bits per heavy atom. The van der Waals surface area contributed by atoms with Crippen molar-refractivity contribution in [3.05, 3.63) is 23.2 Å². The second-order valence-corrected chi connectivity index (χ2v) is 2.79. The van der Waals surface area contributed by atoms with E-state index in [4.69, 9.17) is 4.42 Å². The lowest BCUT2D eigenvalue weighted by atomic mass is 10.2. The first-order valence-electron chi connectivity index (χ1n) is 4.14. The van der Waals surface area contributed by atoms with Crippen LogP contribution in [0, 0.1) is 6.92 Å². The maximum absolute atomic E-state index is 11.2. The van der Waals surface area contributed by atoms with E-state index in [1.807, 2.05) is 12.4 Å². The summed E-state index contributed by atoms with van der Waals surface area (Å²) in [5.41, 5.74) is 0.513. The largest absolute Gasteiger partial charge is 0.465 e. The van der Waals surface area contributed by atoms with E-state index in [1.165, 1.54) is 7.11 Å². The highest BCUT2D eigenvalue weighted by molar-refractivity contribution is 5.90. The molecule has 72 valence electrons.